The predicted molar refractivity (Wildman–Crippen MR) is 101 cm³/mol. The fourth-order valence-electron chi connectivity index (χ4n) is 3.96. The molecule has 1 fully saturated rings. The molecule has 6 heteroatoms. The first kappa shape index (κ1) is 17.8. The van der Waals surface area contributed by atoms with Crippen LogP contribution in [0.3, 0.4) is 0 Å². The van der Waals surface area contributed by atoms with Crippen molar-refractivity contribution in [3.8, 4) is 0 Å². The van der Waals surface area contributed by atoms with Crippen molar-refractivity contribution in [3.63, 3.8) is 0 Å². The largest absolute Gasteiger partial charge is 0.463 e. The average molecular weight is 369 g/mol. The van der Waals surface area contributed by atoms with E-state index >= 15 is 0 Å². The van der Waals surface area contributed by atoms with E-state index in [9.17, 15) is 4.79 Å². The molecule has 2 N–H and O–H groups in total. The lowest BCUT2D eigenvalue weighted by molar-refractivity contribution is -0.919. The molecule has 0 saturated carbocycles. The predicted octanol–water partition coefficient (Wildman–Crippen LogP) is 2.32. The molecule has 1 aliphatic heterocycles. The molecule has 0 unspecified atom stereocenters. The highest BCUT2D eigenvalue weighted by atomic mass is 16.5. The van der Waals surface area contributed by atoms with E-state index in [0.29, 0.717) is 24.5 Å². The Hall–Kier alpha value is -2.57. The number of benzene rings is 1. The van der Waals surface area contributed by atoms with Gasteiger partial charge in [0.05, 0.1) is 32.5 Å². The van der Waals surface area contributed by atoms with Crippen LogP contribution in [-0.4, -0.2) is 32.7 Å². The zero-order chi connectivity index (χ0) is 18.6. The summed E-state index contributed by atoms with van der Waals surface area (Å²) >= 11 is 0. The van der Waals surface area contributed by atoms with Gasteiger partial charge in [0.25, 0.3) is 5.91 Å². The maximum absolute atomic E-state index is 12.9. The molecular formula is C21H25N2O4+. The maximum atomic E-state index is 12.9. The highest BCUT2D eigenvalue weighted by molar-refractivity contribution is 5.99. The second-order valence-electron chi connectivity index (χ2n) is 6.98. The van der Waals surface area contributed by atoms with Gasteiger partial charge in [-0.2, -0.15) is 0 Å². The van der Waals surface area contributed by atoms with Crippen LogP contribution < -0.4 is 10.2 Å². The highest BCUT2D eigenvalue weighted by Crippen LogP contribution is 2.26. The molecule has 27 heavy (non-hydrogen) atoms. The Labute approximate surface area is 158 Å². The molecule has 0 radical (unpaired) electrons. The first-order valence-electron chi connectivity index (χ1n) is 9.43. The lowest BCUT2D eigenvalue weighted by Crippen LogP contribution is -3.11. The monoisotopic (exact) mass is 369 g/mol. The van der Waals surface area contributed by atoms with Gasteiger partial charge in [0, 0.05) is 30.9 Å². The molecule has 3 heterocycles. The number of ether oxygens (including phenoxy) is 1. The lowest BCUT2D eigenvalue weighted by Gasteiger charge is -2.23. The molecule has 1 amide bonds. The van der Waals surface area contributed by atoms with Gasteiger partial charge in [-0.05, 0) is 18.2 Å². The first-order chi connectivity index (χ1) is 13.3. The highest BCUT2D eigenvalue weighted by Gasteiger charge is 2.30. The number of hydrogen-bond donors (Lipinski definition) is 2. The second kappa shape index (κ2) is 7.98. The van der Waals surface area contributed by atoms with Gasteiger partial charge in [-0.15, -0.1) is 0 Å². The minimum absolute atomic E-state index is 0.113. The zero-order valence-electron chi connectivity index (χ0n) is 15.5. The molecule has 1 aromatic carbocycles. The molecule has 142 valence electrons. The summed E-state index contributed by atoms with van der Waals surface area (Å²) in [5.41, 5.74) is 1.48. The van der Waals surface area contributed by atoms with E-state index in [1.165, 1.54) is 17.7 Å². The Balaban J connectivity index is 1.54. The number of rotatable bonds is 7. The number of nitrogens with one attached hydrogen (secondary N) is 2. The Morgan fingerprint density at radius 1 is 1.22 bits per heavy atom. The van der Waals surface area contributed by atoms with E-state index < -0.39 is 0 Å². The smallest absolute Gasteiger partial charge is 0.287 e. The Morgan fingerprint density at radius 2 is 2.04 bits per heavy atom. The van der Waals surface area contributed by atoms with E-state index in [-0.39, 0.29) is 11.9 Å². The standard InChI is InChI=1S/C21H24N2O4/c1-25-14-16-15-7-2-3-8-18(15)27-20(16)21(24)22-13-17(19-9-6-12-26-19)23-10-4-5-11-23/h2-3,6-9,12,17H,4-5,10-11,13-14H2,1H3,(H,22,24)/p+1/t17-/m1/s1. The molecule has 1 aliphatic rings. The number of carbonyl (C=O) groups excluding carboxylic acids is 1. The molecule has 1 atom stereocenters. The molecule has 0 bridgehead atoms. The molecule has 1 saturated heterocycles. The number of methoxy groups -OCH3 is 1. The summed E-state index contributed by atoms with van der Waals surface area (Å²) in [6, 6.07) is 11.6. The van der Waals surface area contributed by atoms with Crippen LogP contribution in [0, 0.1) is 0 Å². The van der Waals surface area contributed by atoms with Crippen molar-refractivity contribution < 1.29 is 23.3 Å². The molecule has 2 aromatic heterocycles. The summed E-state index contributed by atoms with van der Waals surface area (Å²) in [6.07, 6.45) is 4.11. The van der Waals surface area contributed by atoms with Crippen molar-refractivity contribution in [1.82, 2.24) is 5.32 Å². The lowest BCUT2D eigenvalue weighted by atomic mass is 10.1. The minimum atomic E-state index is -0.214. The molecule has 6 nitrogen and oxygen atoms in total. The van der Waals surface area contributed by atoms with Gasteiger partial charge in [-0.1, -0.05) is 18.2 Å². The van der Waals surface area contributed by atoms with Gasteiger partial charge in [0.1, 0.15) is 5.58 Å². The molecule has 0 spiro atoms. The van der Waals surface area contributed by atoms with Crippen LogP contribution in [0.25, 0.3) is 11.0 Å². The van der Waals surface area contributed by atoms with Crippen molar-refractivity contribution in [1.29, 1.82) is 0 Å². The van der Waals surface area contributed by atoms with Crippen LogP contribution >= 0.6 is 0 Å². The van der Waals surface area contributed by atoms with Gasteiger partial charge in [0.2, 0.25) is 0 Å². The maximum Gasteiger partial charge on any atom is 0.287 e. The van der Waals surface area contributed by atoms with E-state index in [4.69, 9.17) is 13.6 Å². The number of amides is 1. The zero-order valence-corrected chi connectivity index (χ0v) is 15.5. The Bertz CT molecular complexity index is 894. The summed E-state index contributed by atoms with van der Waals surface area (Å²) in [7, 11) is 1.62. The molecule has 0 aliphatic carbocycles. The van der Waals surface area contributed by atoms with E-state index in [1.807, 2.05) is 36.4 Å². The SMILES string of the molecule is COCc1c(C(=O)NC[C@H](c2ccco2)[NH+]2CCCC2)oc2ccccc12. The quantitative estimate of drug-likeness (QED) is 0.671. The van der Waals surface area contributed by atoms with Crippen LogP contribution in [0.1, 0.15) is 40.8 Å². The van der Waals surface area contributed by atoms with Crippen LogP contribution in [-0.2, 0) is 11.3 Å². The van der Waals surface area contributed by atoms with Crippen molar-refractivity contribution in [2.45, 2.75) is 25.5 Å². The van der Waals surface area contributed by atoms with E-state index in [1.54, 1.807) is 13.4 Å². The number of hydrogen-bond acceptors (Lipinski definition) is 4. The number of carbonyl (C=O) groups is 1. The van der Waals surface area contributed by atoms with Crippen LogP contribution in [0.2, 0.25) is 0 Å². The van der Waals surface area contributed by atoms with Crippen LogP contribution in [0.15, 0.2) is 51.5 Å². The van der Waals surface area contributed by atoms with Crippen molar-refractivity contribution in [2.75, 3.05) is 26.7 Å². The van der Waals surface area contributed by atoms with Crippen LogP contribution in [0.4, 0.5) is 0 Å². The summed E-state index contributed by atoms with van der Waals surface area (Å²) in [4.78, 5) is 14.3. The van der Waals surface area contributed by atoms with E-state index in [0.717, 1.165) is 29.8 Å². The van der Waals surface area contributed by atoms with Gasteiger partial charge in [-0.25, -0.2) is 0 Å². The summed E-state index contributed by atoms with van der Waals surface area (Å²) < 4.78 is 16.8. The number of quaternary nitrogens is 1. The second-order valence-corrected chi connectivity index (χ2v) is 6.98. The molecular weight excluding hydrogens is 344 g/mol. The number of fused-ring (bicyclic) bond motifs is 1. The van der Waals surface area contributed by atoms with E-state index in [2.05, 4.69) is 5.32 Å². The topological polar surface area (TPSA) is 69.0 Å². The van der Waals surface area contributed by atoms with Gasteiger partial charge in [0.15, 0.2) is 17.6 Å². The third-order valence-electron chi connectivity index (χ3n) is 5.29. The normalized spacial score (nSPS) is 16.0. The average Bonchev–Trinajstić information content (AvgIpc) is 3.44. The van der Waals surface area contributed by atoms with Gasteiger partial charge < -0.3 is 23.8 Å². The summed E-state index contributed by atoms with van der Waals surface area (Å²) in [5, 5.41) is 3.97. The Kier molecular flexibility index (Phi) is 5.27. The van der Waals surface area contributed by atoms with Crippen LogP contribution in [0.5, 0.6) is 0 Å². The molecule has 3 aromatic rings. The van der Waals surface area contributed by atoms with Gasteiger partial charge >= 0.3 is 0 Å². The number of likely N-dealkylation sites (tertiary alicyclic amines) is 1. The summed E-state index contributed by atoms with van der Waals surface area (Å²) in [5.74, 6) is 1.02. The third kappa shape index (κ3) is 3.63. The van der Waals surface area contributed by atoms with Crippen molar-refractivity contribution >= 4 is 16.9 Å². The Morgan fingerprint density at radius 3 is 2.78 bits per heavy atom. The fourth-order valence-corrected chi connectivity index (χ4v) is 3.96. The summed E-state index contributed by atoms with van der Waals surface area (Å²) in [6.45, 7) is 3.03. The fraction of sp³-hybridized carbons (Fsp3) is 0.381. The van der Waals surface area contributed by atoms with Gasteiger partial charge in [-0.3, -0.25) is 4.79 Å². The van der Waals surface area contributed by atoms with Crippen molar-refractivity contribution in [2.24, 2.45) is 0 Å². The molecule has 4 rings (SSSR count). The minimum Gasteiger partial charge on any atom is -0.463 e. The first-order valence-corrected chi connectivity index (χ1v) is 9.43. The van der Waals surface area contributed by atoms with Crippen molar-refractivity contribution in [3.05, 3.63) is 59.7 Å². The third-order valence-corrected chi connectivity index (χ3v) is 5.29. The number of furan rings is 2. The number of para-hydroxylation sites is 1.